The van der Waals surface area contributed by atoms with E-state index in [0.29, 0.717) is 15.6 Å². The van der Waals surface area contributed by atoms with Gasteiger partial charge in [-0.25, -0.2) is 9.38 Å². The van der Waals surface area contributed by atoms with Gasteiger partial charge in [-0.2, -0.15) is 0 Å². The Kier molecular flexibility index (Phi) is 6.85. The first-order chi connectivity index (χ1) is 14.2. The maximum absolute atomic E-state index is 14.5. The number of nitrogens with zero attached hydrogens (tertiary/aromatic N) is 3. The molecule has 0 spiro atoms. The van der Waals surface area contributed by atoms with Gasteiger partial charge in [0.25, 0.3) is 5.91 Å². The molecule has 9 heteroatoms. The Hall–Kier alpha value is -2.35. The van der Waals surface area contributed by atoms with Crippen LogP contribution >= 0.6 is 35.0 Å². The van der Waals surface area contributed by atoms with Crippen molar-refractivity contribution in [2.75, 3.05) is 19.0 Å². The van der Waals surface area contributed by atoms with E-state index in [1.54, 1.807) is 51.4 Å². The second-order valence-electron chi connectivity index (χ2n) is 6.68. The summed E-state index contributed by atoms with van der Waals surface area (Å²) in [5.41, 5.74) is 0.785. The first-order valence-electron chi connectivity index (χ1n) is 8.91. The zero-order chi connectivity index (χ0) is 22.0. The number of thioether (sulfide) groups is 1. The fraction of sp³-hybridized carbons (Fsp3) is 0.190. The molecule has 0 bridgehead atoms. The molecule has 0 radical (unpaired) electrons. The van der Waals surface area contributed by atoms with E-state index in [2.05, 4.69) is 4.99 Å². The van der Waals surface area contributed by atoms with Gasteiger partial charge in [0, 0.05) is 14.1 Å². The normalized spacial score (nSPS) is 16.1. The van der Waals surface area contributed by atoms with Gasteiger partial charge in [0.05, 0.1) is 21.0 Å². The van der Waals surface area contributed by atoms with Gasteiger partial charge in [0.15, 0.2) is 5.17 Å². The standard InChI is InChI=1S/C21H18Cl2FN3O2S/c1-12(19(28)26(2)3)30-21-25-17(11-13-8-9-14(22)15(23)10-13)20(29)27(21)18-7-5-4-6-16(18)24/h4-12H,1-3H3/b17-11-. The first kappa shape index (κ1) is 22.3. The lowest BCUT2D eigenvalue weighted by molar-refractivity contribution is -0.127. The van der Waals surface area contributed by atoms with Crippen molar-refractivity contribution < 1.29 is 14.0 Å². The Bertz CT molecular complexity index is 1070. The molecule has 3 rings (SSSR count). The summed E-state index contributed by atoms with van der Waals surface area (Å²) in [6, 6.07) is 10.8. The molecule has 0 N–H and O–H groups in total. The summed E-state index contributed by atoms with van der Waals surface area (Å²) in [6.07, 6.45) is 1.55. The topological polar surface area (TPSA) is 53.0 Å². The lowest BCUT2D eigenvalue weighted by Gasteiger charge is -2.21. The molecule has 156 valence electrons. The van der Waals surface area contributed by atoms with Crippen molar-refractivity contribution in [2.24, 2.45) is 4.99 Å². The van der Waals surface area contributed by atoms with Crippen LogP contribution in [0.15, 0.2) is 53.2 Å². The fourth-order valence-electron chi connectivity index (χ4n) is 2.75. The van der Waals surface area contributed by atoms with Crippen LogP contribution in [0.25, 0.3) is 6.08 Å². The Morgan fingerprint density at radius 1 is 1.20 bits per heavy atom. The number of anilines is 1. The van der Waals surface area contributed by atoms with E-state index in [-0.39, 0.29) is 22.5 Å². The van der Waals surface area contributed by atoms with Gasteiger partial charge in [-0.3, -0.25) is 14.5 Å². The Balaban J connectivity index is 2.03. The summed E-state index contributed by atoms with van der Waals surface area (Å²) in [6.45, 7) is 1.71. The minimum Gasteiger partial charge on any atom is -0.348 e. The average Bonchev–Trinajstić information content (AvgIpc) is 2.99. The monoisotopic (exact) mass is 465 g/mol. The molecule has 2 aromatic rings. The number of para-hydroxylation sites is 1. The van der Waals surface area contributed by atoms with E-state index >= 15 is 0 Å². The number of amides is 2. The van der Waals surface area contributed by atoms with Crippen LogP contribution in [0.3, 0.4) is 0 Å². The average molecular weight is 466 g/mol. The van der Waals surface area contributed by atoms with Crippen LogP contribution in [0, 0.1) is 5.82 Å². The molecule has 0 aromatic heterocycles. The molecule has 5 nitrogen and oxygen atoms in total. The number of hydrogen-bond donors (Lipinski definition) is 0. The van der Waals surface area contributed by atoms with Crippen molar-refractivity contribution in [3.63, 3.8) is 0 Å². The molecule has 2 aromatic carbocycles. The van der Waals surface area contributed by atoms with Gasteiger partial charge >= 0.3 is 0 Å². The molecule has 1 unspecified atom stereocenters. The minimum atomic E-state index is -0.568. The highest BCUT2D eigenvalue weighted by atomic mass is 35.5. The Labute approximate surface area is 188 Å². The summed E-state index contributed by atoms with van der Waals surface area (Å²) in [7, 11) is 3.29. The van der Waals surface area contributed by atoms with Gasteiger partial charge in [-0.1, -0.05) is 53.2 Å². The van der Waals surface area contributed by atoms with Crippen molar-refractivity contribution in [2.45, 2.75) is 12.2 Å². The highest BCUT2D eigenvalue weighted by Crippen LogP contribution is 2.33. The number of halogens is 3. The predicted molar refractivity (Wildman–Crippen MR) is 122 cm³/mol. The maximum Gasteiger partial charge on any atom is 0.283 e. The van der Waals surface area contributed by atoms with E-state index in [1.807, 2.05) is 0 Å². The molecule has 1 aliphatic rings. The number of rotatable bonds is 4. The van der Waals surface area contributed by atoms with Crippen molar-refractivity contribution >= 4 is 63.7 Å². The molecule has 0 saturated carbocycles. The number of benzene rings is 2. The van der Waals surface area contributed by atoms with Gasteiger partial charge in [0.2, 0.25) is 5.91 Å². The van der Waals surface area contributed by atoms with E-state index in [9.17, 15) is 14.0 Å². The number of hydrogen-bond acceptors (Lipinski definition) is 4. The molecule has 0 saturated heterocycles. The van der Waals surface area contributed by atoms with Crippen LogP contribution in [-0.4, -0.2) is 41.2 Å². The third-order valence-corrected chi connectivity index (χ3v) is 6.02. The summed E-state index contributed by atoms with van der Waals surface area (Å²) in [5, 5.41) is 0.427. The van der Waals surface area contributed by atoms with E-state index in [1.165, 1.54) is 28.0 Å². The zero-order valence-corrected chi connectivity index (χ0v) is 18.7. The largest absolute Gasteiger partial charge is 0.348 e. The highest BCUT2D eigenvalue weighted by Gasteiger charge is 2.35. The van der Waals surface area contributed by atoms with E-state index < -0.39 is 17.0 Å². The maximum atomic E-state index is 14.5. The molecule has 1 atom stereocenters. The third kappa shape index (κ3) is 4.69. The van der Waals surface area contributed by atoms with Gasteiger partial charge in [0.1, 0.15) is 11.5 Å². The smallest absolute Gasteiger partial charge is 0.283 e. The SMILES string of the molecule is CC(SC1=N/C(=C\c2ccc(Cl)c(Cl)c2)C(=O)N1c1ccccc1F)C(=O)N(C)C. The summed E-state index contributed by atoms with van der Waals surface area (Å²) >= 11 is 13.1. The lowest BCUT2D eigenvalue weighted by atomic mass is 10.2. The van der Waals surface area contributed by atoms with Crippen molar-refractivity contribution in [1.29, 1.82) is 0 Å². The van der Waals surface area contributed by atoms with Crippen molar-refractivity contribution in [1.82, 2.24) is 4.90 Å². The second kappa shape index (κ2) is 9.20. The Morgan fingerprint density at radius 3 is 2.53 bits per heavy atom. The second-order valence-corrected chi connectivity index (χ2v) is 8.80. The Morgan fingerprint density at radius 2 is 1.90 bits per heavy atom. The minimum absolute atomic E-state index is 0.0655. The molecule has 1 heterocycles. The lowest BCUT2D eigenvalue weighted by Crippen LogP contribution is -2.35. The quantitative estimate of drug-likeness (QED) is 0.591. The molecule has 1 aliphatic heterocycles. The molecule has 2 amide bonds. The summed E-state index contributed by atoms with van der Waals surface area (Å²) < 4.78 is 14.5. The number of carbonyl (C=O) groups is 2. The van der Waals surface area contributed by atoms with Crippen molar-refractivity contribution in [3.05, 3.63) is 69.6 Å². The van der Waals surface area contributed by atoms with Gasteiger partial charge < -0.3 is 4.90 Å². The summed E-state index contributed by atoms with van der Waals surface area (Å²) in [4.78, 5) is 32.5. The van der Waals surface area contributed by atoms with E-state index in [0.717, 1.165) is 11.8 Å². The van der Waals surface area contributed by atoms with Gasteiger partial charge in [-0.15, -0.1) is 0 Å². The molecule has 0 fully saturated rings. The van der Waals surface area contributed by atoms with Gasteiger partial charge in [-0.05, 0) is 42.8 Å². The first-order valence-corrected chi connectivity index (χ1v) is 10.5. The highest BCUT2D eigenvalue weighted by molar-refractivity contribution is 8.15. The van der Waals surface area contributed by atoms with Crippen LogP contribution in [0.5, 0.6) is 0 Å². The molecular weight excluding hydrogens is 448 g/mol. The fourth-order valence-corrected chi connectivity index (χ4v) is 4.13. The molecule has 0 aliphatic carbocycles. The van der Waals surface area contributed by atoms with Crippen LogP contribution in [0.1, 0.15) is 12.5 Å². The van der Waals surface area contributed by atoms with Crippen LogP contribution in [0.4, 0.5) is 10.1 Å². The number of aliphatic imine (C=N–C) groups is 1. The number of amidine groups is 1. The third-order valence-electron chi connectivity index (χ3n) is 4.24. The summed E-state index contributed by atoms with van der Waals surface area (Å²) in [5.74, 6) is -1.22. The van der Waals surface area contributed by atoms with E-state index in [4.69, 9.17) is 23.2 Å². The van der Waals surface area contributed by atoms with Crippen LogP contribution in [0.2, 0.25) is 10.0 Å². The van der Waals surface area contributed by atoms with Crippen LogP contribution < -0.4 is 4.90 Å². The predicted octanol–water partition coefficient (Wildman–Crippen LogP) is 5.09. The zero-order valence-electron chi connectivity index (χ0n) is 16.4. The van der Waals surface area contributed by atoms with Crippen molar-refractivity contribution in [3.8, 4) is 0 Å². The molecular formula is C21H18Cl2FN3O2S. The molecule has 30 heavy (non-hydrogen) atoms. The van der Waals surface area contributed by atoms with Crippen LogP contribution in [-0.2, 0) is 9.59 Å². The number of carbonyl (C=O) groups excluding carboxylic acids is 2.